The summed E-state index contributed by atoms with van der Waals surface area (Å²) in [6.45, 7) is 1.09. The predicted molar refractivity (Wildman–Crippen MR) is 107 cm³/mol. The highest BCUT2D eigenvalue weighted by molar-refractivity contribution is 7.91. The third-order valence-electron chi connectivity index (χ3n) is 4.40. The van der Waals surface area contributed by atoms with Crippen molar-refractivity contribution in [1.82, 2.24) is 30.0 Å². The van der Waals surface area contributed by atoms with Crippen molar-refractivity contribution < 1.29 is 44.7 Å². The topological polar surface area (TPSA) is 138 Å². The monoisotopic (exact) mass is 524 g/mol. The Kier molecular flexibility index (Phi) is 7.21. The molecule has 3 heterocycles. The highest BCUT2D eigenvalue weighted by Gasteiger charge is 2.58. The molecule has 11 nitrogen and oxygen atoms in total. The first-order valence-electron chi connectivity index (χ1n) is 9.74. The molecule has 1 N–H and O–H groups in total. The van der Waals surface area contributed by atoms with Crippen molar-refractivity contribution in [3.63, 3.8) is 0 Å². The van der Waals surface area contributed by atoms with Crippen LogP contribution < -0.4 is 10.2 Å². The fraction of sp³-hybridized carbons (Fsp3) is 0.389. The molecule has 0 spiro atoms. The van der Waals surface area contributed by atoms with E-state index in [2.05, 4.69) is 30.3 Å². The Bertz CT molecular complexity index is 1330. The minimum Gasteiger partial charge on any atom is -0.470 e. The maximum atomic E-state index is 13.1. The molecule has 3 aromatic heterocycles. The summed E-state index contributed by atoms with van der Waals surface area (Å²) in [7, 11) is -4.01. The van der Waals surface area contributed by atoms with E-state index in [1.54, 1.807) is 6.92 Å². The van der Waals surface area contributed by atoms with Crippen molar-refractivity contribution >= 4 is 21.4 Å². The van der Waals surface area contributed by atoms with Crippen LogP contribution in [0.5, 0.6) is 5.88 Å². The molecule has 0 saturated carbocycles. The van der Waals surface area contributed by atoms with Gasteiger partial charge in [-0.3, -0.25) is 9.63 Å². The Morgan fingerprint density at radius 3 is 2.40 bits per heavy atom. The van der Waals surface area contributed by atoms with Crippen molar-refractivity contribution in [2.75, 3.05) is 19.0 Å². The number of nitrogens with one attached hydrogen (secondary N) is 1. The van der Waals surface area contributed by atoms with Gasteiger partial charge in [-0.25, -0.2) is 33.4 Å². The Hall–Kier alpha value is -3.47. The quantitative estimate of drug-likeness (QED) is 0.330. The average molecular weight is 524 g/mol. The van der Waals surface area contributed by atoms with Crippen molar-refractivity contribution in [1.29, 1.82) is 0 Å². The van der Waals surface area contributed by atoms with Crippen LogP contribution in [0.1, 0.15) is 24.3 Å². The molecule has 35 heavy (non-hydrogen) atoms. The number of halogens is 5. The second kappa shape index (κ2) is 9.65. The summed E-state index contributed by atoms with van der Waals surface area (Å²) in [5, 5.41) is 3.50. The van der Waals surface area contributed by atoms with E-state index in [1.807, 2.05) is 0 Å². The van der Waals surface area contributed by atoms with Crippen LogP contribution in [0.4, 0.5) is 22.0 Å². The molecule has 0 saturated heterocycles. The number of hydrogen-bond donors (Lipinski definition) is 1. The van der Waals surface area contributed by atoms with Crippen LogP contribution in [0.25, 0.3) is 16.9 Å². The molecule has 0 aromatic carbocycles. The maximum Gasteiger partial charge on any atom is 0.456 e. The summed E-state index contributed by atoms with van der Waals surface area (Å²) in [5.74, 6) is -6.93. The number of rotatable bonds is 9. The first-order valence-corrected chi connectivity index (χ1v) is 11.4. The van der Waals surface area contributed by atoms with Gasteiger partial charge < -0.3 is 4.74 Å². The SMILES string of the molecule is CCONC(=O)c1ccnc2c(-c3cnc(OCC(F)(F)C(F)(F)F)cn3)c(S(=O)(=O)CC)nn12. The lowest BCUT2D eigenvalue weighted by atomic mass is 10.2. The number of alkyl halides is 5. The van der Waals surface area contributed by atoms with Gasteiger partial charge in [0.1, 0.15) is 5.69 Å². The molecule has 0 aliphatic heterocycles. The molecular formula is C18H17F5N6O5S. The number of hydrogen-bond acceptors (Lipinski definition) is 9. The van der Waals surface area contributed by atoms with Crippen LogP contribution >= 0.6 is 0 Å². The van der Waals surface area contributed by atoms with Gasteiger partial charge in [-0.15, -0.1) is 0 Å². The minimum absolute atomic E-state index is 0.118. The summed E-state index contributed by atoms with van der Waals surface area (Å²) in [6.07, 6.45) is -2.99. The first-order chi connectivity index (χ1) is 16.3. The van der Waals surface area contributed by atoms with Crippen LogP contribution in [-0.4, -0.2) is 70.0 Å². The summed E-state index contributed by atoms with van der Waals surface area (Å²) in [4.78, 5) is 28.8. The van der Waals surface area contributed by atoms with Crippen LogP contribution in [0.3, 0.4) is 0 Å². The number of carbonyl (C=O) groups is 1. The van der Waals surface area contributed by atoms with Crippen LogP contribution in [0, 0.1) is 0 Å². The van der Waals surface area contributed by atoms with Gasteiger partial charge in [-0.2, -0.15) is 27.1 Å². The second-order valence-corrected chi connectivity index (χ2v) is 8.94. The van der Waals surface area contributed by atoms with Gasteiger partial charge in [0.15, 0.2) is 27.1 Å². The van der Waals surface area contributed by atoms with Crippen LogP contribution in [-0.2, 0) is 14.7 Å². The smallest absolute Gasteiger partial charge is 0.456 e. The van der Waals surface area contributed by atoms with Gasteiger partial charge in [0.05, 0.1) is 36.0 Å². The van der Waals surface area contributed by atoms with Crippen molar-refractivity contribution in [2.24, 2.45) is 0 Å². The summed E-state index contributed by atoms with van der Waals surface area (Å²) in [5.41, 5.74) is 1.55. The van der Waals surface area contributed by atoms with Crippen LogP contribution in [0.2, 0.25) is 0 Å². The maximum absolute atomic E-state index is 13.1. The van der Waals surface area contributed by atoms with Crippen LogP contribution in [0.15, 0.2) is 29.7 Å². The van der Waals surface area contributed by atoms with Gasteiger partial charge in [0.25, 0.3) is 5.91 Å². The molecule has 190 valence electrons. The largest absolute Gasteiger partial charge is 0.470 e. The molecule has 1 amide bonds. The molecule has 0 fully saturated rings. The van der Waals surface area contributed by atoms with Gasteiger partial charge in [-0.05, 0) is 13.0 Å². The van der Waals surface area contributed by atoms with E-state index in [0.29, 0.717) is 0 Å². The number of fused-ring (bicyclic) bond motifs is 1. The van der Waals surface area contributed by atoms with Gasteiger partial charge >= 0.3 is 12.1 Å². The highest BCUT2D eigenvalue weighted by Crippen LogP contribution is 2.36. The fourth-order valence-corrected chi connectivity index (χ4v) is 3.62. The second-order valence-electron chi connectivity index (χ2n) is 6.74. The van der Waals surface area contributed by atoms with E-state index >= 15 is 0 Å². The summed E-state index contributed by atoms with van der Waals surface area (Å²) < 4.78 is 93.8. The molecule has 0 aliphatic rings. The normalized spacial score (nSPS) is 12.7. The average Bonchev–Trinajstić information content (AvgIpc) is 3.21. The van der Waals surface area contributed by atoms with E-state index in [4.69, 9.17) is 4.84 Å². The lowest BCUT2D eigenvalue weighted by Gasteiger charge is -2.19. The molecule has 3 rings (SSSR count). The van der Waals surface area contributed by atoms with E-state index < -0.39 is 45.4 Å². The van der Waals surface area contributed by atoms with Crippen molar-refractivity contribution in [2.45, 2.75) is 31.0 Å². The van der Waals surface area contributed by atoms with Gasteiger partial charge in [-0.1, -0.05) is 6.92 Å². The summed E-state index contributed by atoms with van der Waals surface area (Å²) in [6, 6.07) is 1.25. The van der Waals surface area contributed by atoms with E-state index in [9.17, 15) is 35.2 Å². The lowest BCUT2D eigenvalue weighted by Crippen LogP contribution is -2.41. The third-order valence-corrected chi connectivity index (χ3v) is 6.04. The number of hydroxylamine groups is 1. The Labute approximate surface area is 194 Å². The lowest BCUT2D eigenvalue weighted by molar-refractivity contribution is -0.290. The first kappa shape index (κ1) is 26.1. The predicted octanol–water partition coefficient (Wildman–Crippen LogP) is 2.24. The Morgan fingerprint density at radius 2 is 1.83 bits per heavy atom. The van der Waals surface area contributed by atoms with Crippen molar-refractivity contribution in [3.8, 4) is 17.1 Å². The third kappa shape index (κ3) is 5.29. The molecule has 0 unspecified atom stereocenters. The number of carbonyl (C=O) groups excluding carboxylic acids is 1. The molecule has 0 bridgehead atoms. The summed E-state index contributed by atoms with van der Waals surface area (Å²) >= 11 is 0. The van der Waals surface area contributed by atoms with Gasteiger partial charge in [0.2, 0.25) is 5.88 Å². The number of sulfone groups is 1. The Morgan fingerprint density at radius 1 is 1.11 bits per heavy atom. The Balaban J connectivity index is 2.06. The zero-order valence-corrected chi connectivity index (χ0v) is 18.8. The van der Waals surface area contributed by atoms with Gasteiger partial charge in [0, 0.05) is 6.20 Å². The van der Waals surface area contributed by atoms with E-state index in [-0.39, 0.29) is 35.0 Å². The van der Waals surface area contributed by atoms with E-state index in [0.717, 1.165) is 16.9 Å². The molecule has 0 radical (unpaired) electrons. The molecule has 3 aromatic rings. The molecule has 0 aliphatic carbocycles. The molecular weight excluding hydrogens is 507 g/mol. The highest BCUT2D eigenvalue weighted by atomic mass is 32.2. The minimum atomic E-state index is -5.82. The van der Waals surface area contributed by atoms with E-state index in [1.165, 1.54) is 19.2 Å². The number of ether oxygens (including phenoxy) is 1. The standard InChI is InChI=1S/C18H17F5N6O5S/c1-3-34-28-15(30)11-5-6-24-14-13(16(27-29(11)14)35(31,32)4-2)10-7-26-12(8-25-10)33-9-17(19,20)18(21,22)23/h5-8H,3-4,9H2,1-2H3,(H,28,30). The number of nitrogens with zero attached hydrogens (tertiary/aromatic N) is 5. The fourth-order valence-electron chi connectivity index (χ4n) is 2.63. The molecule has 17 heteroatoms. The number of amides is 1. The zero-order valence-electron chi connectivity index (χ0n) is 18.0. The zero-order chi connectivity index (χ0) is 26.0. The number of aromatic nitrogens is 5. The molecule has 0 atom stereocenters. The van der Waals surface area contributed by atoms with Crippen molar-refractivity contribution in [3.05, 3.63) is 30.4 Å².